The lowest BCUT2D eigenvalue weighted by atomic mass is 10.1. The van der Waals surface area contributed by atoms with Gasteiger partial charge in [-0.15, -0.1) is 11.3 Å². The second-order valence-electron chi connectivity index (χ2n) is 7.07. The summed E-state index contributed by atoms with van der Waals surface area (Å²) < 4.78 is 10.6. The minimum Gasteiger partial charge on any atom is -0.486 e. The highest BCUT2D eigenvalue weighted by molar-refractivity contribution is 7.09. The third-order valence-corrected chi connectivity index (χ3v) is 5.56. The first-order valence-corrected chi connectivity index (χ1v) is 10.8. The summed E-state index contributed by atoms with van der Waals surface area (Å²) in [7, 11) is 1.43. The zero-order chi connectivity index (χ0) is 20.5. The molecular weight excluding hydrogens is 382 g/mol. The van der Waals surface area contributed by atoms with Crippen molar-refractivity contribution in [1.29, 1.82) is 0 Å². The fourth-order valence-corrected chi connectivity index (χ4v) is 3.76. The molecule has 0 aliphatic rings. The normalized spacial score (nSPS) is 10.7. The lowest BCUT2D eigenvalue weighted by Gasteiger charge is -2.07. The van der Waals surface area contributed by atoms with Gasteiger partial charge in [-0.25, -0.2) is 4.98 Å². The van der Waals surface area contributed by atoms with E-state index < -0.39 is 0 Å². The maximum absolute atomic E-state index is 11.1. The summed E-state index contributed by atoms with van der Waals surface area (Å²) in [4.78, 5) is 15.8. The highest BCUT2D eigenvalue weighted by Gasteiger charge is 2.06. The van der Waals surface area contributed by atoms with Crippen LogP contribution in [0.1, 0.15) is 41.8 Å². The van der Waals surface area contributed by atoms with E-state index in [4.69, 9.17) is 9.72 Å². The highest BCUT2D eigenvalue weighted by atomic mass is 32.1. The summed E-state index contributed by atoms with van der Waals surface area (Å²) in [5.41, 5.74) is 4.62. The predicted octanol–water partition coefficient (Wildman–Crippen LogP) is 5.97. The van der Waals surface area contributed by atoms with Crippen molar-refractivity contribution in [3.8, 4) is 17.0 Å². The van der Waals surface area contributed by atoms with E-state index in [1.165, 1.54) is 18.2 Å². The standard InChI is InChI=1S/C24H27NO3S/c1-18-11-13-20(14-12-18)22-17-29-23(25-22)16-28-21-9-6-8-19(15-21)7-4-3-5-10-24(26)27-2/h6,8-9,11-15,17H,3-5,7,10,16H2,1-2H3. The Kier molecular flexibility index (Phi) is 7.82. The molecule has 0 atom stereocenters. The van der Waals surface area contributed by atoms with Crippen molar-refractivity contribution in [3.05, 3.63) is 70.0 Å². The molecule has 1 aromatic heterocycles. The predicted molar refractivity (Wildman–Crippen MR) is 117 cm³/mol. The molecule has 2 aromatic carbocycles. The van der Waals surface area contributed by atoms with Crippen LogP contribution in [0.4, 0.5) is 0 Å². The number of hydrogen-bond acceptors (Lipinski definition) is 5. The van der Waals surface area contributed by atoms with E-state index in [0.29, 0.717) is 13.0 Å². The maximum atomic E-state index is 11.1. The second-order valence-corrected chi connectivity index (χ2v) is 8.01. The van der Waals surface area contributed by atoms with Crippen molar-refractivity contribution in [2.24, 2.45) is 0 Å². The highest BCUT2D eigenvalue weighted by Crippen LogP contribution is 2.24. The van der Waals surface area contributed by atoms with Gasteiger partial charge in [0.25, 0.3) is 0 Å². The molecule has 3 rings (SSSR count). The summed E-state index contributed by atoms with van der Waals surface area (Å²) in [6.07, 6.45) is 4.41. The number of nitrogens with zero attached hydrogens (tertiary/aromatic N) is 1. The van der Waals surface area contributed by atoms with Gasteiger partial charge in [-0.3, -0.25) is 4.79 Å². The minimum atomic E-state index is -0.131. The summed E-state index contributed by atoms with van der Waals surface area (Å²) in [6.45, 7) is 2.56. The first kappa shape index (κ1) is 21.1. The summed E-state index contributed by atoms with van der Waals surface area (Å²) in [6, 6.07) is 16.6. The van der Waals surface area contributed by atoms with Crippen LogP contribution in [0.5, 0.6) is 5.75 Å². The number of ether oxygens (including phenoxy) is 2. The average Bonchev–Trinajstić information content (AvgIpc) is 3.22. The molecule has 5 heteroatoms. The molecule has 0 amide bonds. The third-order valence-electron chi connectivity index (χ3n) is 4.73. The largest absolute Gasteiger partial charge is 0.486 e. The van der Waals surface area contributed by atoms with Crippen molar-refractivity contribution >= 4 is 17.3 Å². The number of aryl methyl sites for hydroxylation is 2. The SMILES string of the molecule is COC(=O)CCCCCc1cccc(OCc2nc(-c3ccc(C)cc3)cs2)c1. The molecular formula is C24H27NO3S. The van der Waals surface area contributed by atoms with E-state index in [0.717, 1.165) is 47.7 Å². The van der Waals surface area contributed by atoms with Crippen molar-refractivity contribution in [2.75, 3.05) is 7.11 Å². The van der Waals surface area contributed by atoms with E-state index >= 15 is 0 Å². The van der Waals surface area contributed by atoms with E-state index in [2.05, 4.69) is 53.4 Å². The Morgan fingerprint density at radius 2 is 1.90 bits per heavy atom. The number of methoxy groups -OCH3 is 1. The van der Waals surface area contributed by atoms with E-state index in [9.17, 15) is 4.79 Å². The van der Waals surface area contributed by atoms with Gasteiger partial charge in [0, 0.05) is 17.4 Å². The molecule has 0 saturated carbocycles. The van der Waals surface area contributed by atoms with Crippen molar-refractivity contribution in [1.82, 2.24) is 4.98 Å². The summed E-state index contributed by atoms with van der Waals surface area (Å²) >= 11 is 1.62. The summed E-state index contributed by atoms with van der Waals surface area (Å²) in [5.74, 6) is 0.734. The lowest BCUT2D eigenvalue weighted by Crippen LogP contribution is -1.99. The van der Waals surface area contributed by atoms with Crippen LogP contribution in [0.25, 0.3) is 11.3 Å². The van der Waals surface area contributed by atoms with E-state index in [1.54, 1.807) is 11.3 Å². The topological polar surface area (TPSA) is 48.4 Å². The molecule has 0 fully saturated rings. The van der Waals surface area contributed by atoms with E-state index in [-0.39, 0.29) is 5.97 Å². The Hall–Kier alpha value is -2.66. The first-order chi connectivity index (χ1) is 14.1. The Morgan fingerprint density at radius 1 is 1.07 bits per heavy atom. The van der Waals surface area contributed by atoms with Crippen LogP contribution < -0.4 is 4.74 Å². The van der Waals surface area contributed by atoms with Gasteiger partial charge in [0.15, 0.2) is 0 Å². The van der Waals surface area contributed by atoms with Crippen LogP contribution >= 0.6 is 11.3 Å². The molecule has 1 heterocycles. The van der Waals surface area contributed by atoms with Crippen molar-refractivity contribution < 1.29 is 14.3 Å². The fourth-order valence-electron chi connectivity index (χ4n) is 3.05. The van der Waals surface area contributed by atoms with Crippen molar-refractivity contribution in [2.45, 2.75) is 45.6 Å². The quantitative estimate of drug-likeness (QED) is 0.306. The zero-order valence-corrected chi connectivity index (χ0v) is 17.8. The number of thiazole rings is 1. The second kappa shape index (κ2) is 10.8. The smallest absolute Gasteiger partial charge is 0.305 e. The van der Waals surface area contributed by atoms with Gasteiger partial charge in [-0.2, -0.15) is 0 Å². The van der Waals surface area contributed by atoms with E-state index in [1.807, 2.05) is 12.1 Å². The molecule has 0 spiro atoms. The first-order valence-electron chi connectivity index (χ1n) is 9.94. The molecule has 152 valence electrons. The molecule has 0 aliphatic carbocycles. The molecule has 0 N–H and O–H groups in total. The lowest BCUT2D eigenvalue weighted by molar-refractivity contribution is -0.140. The number of carbonyl (C=O) groups excluding carboxylic acids is 1. The molecule has 29 heavy (non-hydrogen) atoms. The molecule has 0 bridgehead atoms. The van der Waals surface area contributed by atoms with Gasteiger partial charge in [-0.1, -0.05) is 48.4 Å². The van der Waals surface area contributed by atoms with Crippen molar-refractivity contribution in [3.63, 3.8) is 0 Å². The molecule has 0 unspecified atom stereocenters. The monoisotopic (exact) mass is 409 g/mol. The van der Waals surface area contributed by atoms with Gasteiger partial charge >= 0.3 is 5.97 Å². The number of hydrogen-bond donors (Lipinski definition) is 0. The van der Waals surface area contributed by atoms with Crippen LogP contribution in [0.15, 0.2) is 53.9 Å². The third kappa shape index (κ3) is 6.71. The number of unbranched alkanes of at least 4 members (excludes halogenated alkanes) is 2. The Labute approximate surface area is 176 Å². The van der Waals surface area contributed by atoms with Gasteiger partial charge in [-0.05, 0) is 43.9 Å². The average molecular weight is 410 g/mol. The Bertz CT molecular complexity index is 918. The molecule has 3 aromatic rings. The van der Waals surface area contributed by atoms with Gasteiger partial charge in [0.1, 0.15) is 17.4 Å². The van der Waals surface area contributed by atoms with Crippen LogP contribution in [0, 0.1) is 6.92 Å². The fraction of sp³-hybridized carbons (Fsp3) is 0.333. The maximum Gasteiger partial charge on any atom is 0.305 e. The van der Waals surface area contributed by atoms with Crippen LogP contribution in [0.2, 0.25) is 0 Å². The van der Waals surface area contributed by atoms with Crippen LogP contribution in [-0.2, 0) is 22.6 Å². The number of carbonyl (C=O) groups is 1. The number of aromatic nitrogens is 1. The Balaban J connectivity index is 1.47. The van der Waals surface area contributed by atoms with Gasteiger partial charge in [0.2, 0.25) is 0 Å². The van der Waals surface area contributed by atoms with Gasteiger partial charge in [0.05, 0.1) is 12.8 Å². The zero-order valence-electron chi connectivity index (χ0n) is 17.0. The molecule has 0 radical (unpaired) electrons. The van der Waals surface area contributed by atoms with Gasteiger partial charge < -0.3 is 9.47 Å². The molecule has 0 saturated heterocycles. The molecule has 0 aliphatic heterocycles. The number of esters is 1. The van der Waals surface area contributed by atoms with Crippen LogP contribution in [-0.4, -0.2) is 18.1 Å². The van der Waals surface area contributed by atoms with Crippen LogP contribution in [0.3, 0.4) is 0 Å². The molecule has 4 nitrogen and oxygen atoms in total. The number of rotatable bonds is 10. The minimum absolute atomic E-state index is 0.131. The summed E-state index contributed by atoms with van der Waals surface area (Å²) in [5, 5.41) is 3.04. The Morgan fingerprint density at radius 3 is 2.69 bits per heavy atom. The number of benzene rings is 2.